The number of nitrogens with one attached hydrogen (secondary N) is 1. The Morgan fingerprint density at radius 2 is 1.83 bits per heavy atom. The minimum Gasteiger partial charge on any atom is -0.481 e. The number of nitrogens with zero attached hydrogens (tertiary/aromatic N) is 1. The summed E-state index contributed by atoms with van der Waals surface area (Å²) in [5.74, 6) is -0.343. The average Bonchev–Trinajstić information content (AvgIpc) is 2.24. The minimum absolute atomic E-state index is 0.00715. The van der Waals surface area contributed by atoms with E-state index in [2.05, 4.69) is 5.32 Å². The number of hydrogen-bond donors (Lipinski definition) is 2. The smallest absolute Gasteiger partial charge is 0.303 e. The summed E-state index contributed by atoms with van der Waals surface area (Å²) in [6.45, 7) is 9.77. The molecule has 0 fully saturated rings. The van der Waals surface area contributed by atoms with Crippen molar-refractivity contribution in [3.63, 3.8) is 0 Å². The van der Waals surface area contributed by atoms with Crippen LogP contribution in [0.4, 0.5) is 0 Å². The highest BCUT2D eigenvalue weighted by atomic mass is 16.4. The number of rotatable bonds is 9. The van der Waals surface area contributed by atoms with Gasteiger partial charge in [0.1, 0.15) is 0 Å². The maximum absolute atomic E-state index is 11.7. The monoisotopic (exact) mass is 258 g/mol. The van der Waals surface area contributed by atoms with Crippen LogP contribution in [0.5, 0.6) is 0 Å². The standard InChI is InChI=1S/C13H26N2O3/c1-10(2)8-14-12(16)9-15(11(3)4)7-5-6-13(17)18/h10-11H,5-9H2,1-4H3,(H,14,16)(H,17,18). The van der Waals surface area contributed by atoms with Crippen molar-refractivity contribution in [2.45, 2.75) is 46.6 Å². The van der Waals surface area contributed by atoms with Crippen molar-refractivity contribution >= 4 is 11.9 Å². The number of carboxylic acid groups (broad SMARTS) is 1. The molecule has 0 rings (SSSR count). The number of carboxylic acids is 1. The van der Waals surface area contributed by atoms with Gasteiger partial charge in [-0.3, -0.25) is 14.5 Å². The predicted octanol–water partition coefficient (Wildman–Crippen LogP) is 1.33. The summed E-state index contributed by atoms with van der Waals surface area (Å²) in [7, 11) is 0. The molecule has 0 spiro atoms. The quantitative estimate of drug-likeness (QED) is 0.654. The molecule has 0 unspecified atom stereocenters. The lowest BCUT2D eigenvalue weighted by atomic mass is 10.2. The van der Waals surface area contributed by atoms with E-state index in [0.717, 1.165) is 0 Å². The Labute approximate surface area is 110 Å². The number of carbonyl (C=O) groups excluding carboxylic acids is 1. The van der Waals surface area contributed by atoms with Crippen molar-refractivity contribution < 1.29 is 14.7 Å². The second-order valence-corrected chi connectivity index (χ2v) is 5.26. The van der Waals surface area contributed by atoms with Crippen LogP contribution >= 0.6 is 0 Å². The van der Waals surface area contributed by atoms with Crippen LogP contribution in [0.3, 0.4) is 0 Å². The highest BCUT2D eigenvalue weighted by molar-refractivity contribution is 5.78. The molecule has 18 heavy (non-hydrogen) atoms. The van der Waals surface area contributed by atoms with Gasteiger partial charge in [0.15, 0.2) is 0 Å². The maximum Gasteiger partial charge on any atom is 0.303 e. The zero-order valence-electron chi connectivity index (χ0n) is 11.9. The number of hydrogen-bond acceptors (Lipinski definition) is 3. The van der Waals surface area contributed by atoms with E-state index >= 15 is 0 Å². The van der Waals surface area contributed by atoms with Crippen LogP contribution < -0.4 is 5.32 Å². The largest absolute Gasteiger partial charge is 0.481 e. The summed E-state index contributed by atoms with van der Waals surface area (Å²) in [6, 6.07) is 0.239. The first-order valence-electron chi connectivity index (χ1n) is 6.55. The van der Waals surface area contributed by atoms with Crippen molar-refractivity contribution in [1.29, 1.82) is 0 Å². The summed E-state index contributed by atoms with van der Waals surface area (Å²) in [4.78, 5) is 24.1. The normalized spacial score (nSPS) is 11.3. The molecule has 0 aliphatic heterocycles. The van der Waals surface area contributed by atoms with Gasteiger partial charge in [0.25, 0.3) is 0 Å². The van der Waals surface area contributed by atoms with Gasteiger partial charge in [-0.2, -0.15) is 0 Å². The van der Waals surface area contributed by atoms with Crippen molar-refractivity contribution in [3.8, 4) is 0 Å². The van der Waals surface area contributed by atoms with Crippen molar-refractivity contribution in [1.82, 2.24) is 10.2 Å². The Kier molecular flexibility index (Phi) is 8.37. The summed E-state index contributed by atoms with van der Waals surface area (Å²) < 4.78 is 0. The fourth-order valence-corrected chi connectivity index (χ4v) is 1.51. The third-order valence-electron chi connectivity index (χ3n) is 2.62. The van der Waals surface area contributed by atoms with Crippen LogP contribution in [0.25, 0.3) is 0 Å². The molecule has 0 saturated carbocycles. The van der Waals surface area contributed by atoms with Crippen LogP contribution in [0.15, 0.2) is 0 Å². The molecule has 0 aromatic carbocycles. The van der Waals surface area contributed by atoms with Gasteiger partial charge in [0, 0.05) is 19.0 Å². The van der Waals surface area contributed by atoms with Crippen LogP contribution in [0.2, 0.25) is 0 Å². The van der Waals surface area contributed by atoms with E-state index in [1.54, 1.807) is 0 Å². The lowest BCUT2D eigenvalue weighted by Crippen LogP contribution is -2.42. The predicted molar refractivity (Wildman–Crippen MR) is 71.4 cm³/mol. The SMILES string of the molecule is CC(C)CNC(=O)CN(CCCC(=O)O)C(C)C. The van der Waals surface area contributed by atoms with E-state index in [0.29, 0.717) is 32.0 Å². The molecule has 5 heteroatoms. The first kappa shape index (κ1) is 16.9. The molecular formula is C13H26N2O3. The Hall–Kier alpha value is -1.10. The van der Waals surface area contributed by atoms with E-state index in [4.69, 9.17) is 5.11 Å². The fourth-order valence-electron chi connectivity index (χ4n) is 1.51. The minimum atomic E-state index is -0.789. The molecule has 0 radical (unpaired) electrons. The Balaban J connectivity index is 4.02. The third kappa shape index (κ3) is 8.98. The van der Waals surface area contributed by atoms with Crippen molar-refractivity contribution in [2.75, 3.05) is 19.6 Å². The molecule has 0 aromatic rings. The van der Waals surface area contributed by atoms with Gasteiger partial charge in [0.2, 0.25) is 5.91 Å². The second kappa shape index (κ2) is 8.91. The number of aliphatic carboxylic acids is 1. The third-order valence-corrected chi connectivity index (χ3v) is 2.62. The molecule has 0 aliphatic rings. The van der Waals surface area contributed by atoms with Gasteiger partial charge in [-0.15, -0.1) is 0 Å². The maximum atomic E-state index is 11.7. The molecular weight excluding hydrogens is 232 g/mol. The van der Waals surface area contributed by atoms with Crippen LogP contribution in [-0.2, 0) is 9.59 Å². The van der Waals surface area contributed by atoms with Gasteiger partial charge >= 0.3 is 5.97 Å². The van der Waals surface area contributed by atoms with E-state index in [9.17, 15) is 9.59 Å². The lowest BCUT2D eigenvalue weighted by molar-refractivity contribution is -0.137. The summed E-state index contributed by atoms with van der Waals surface area (Å²) in [5.41, 5.74) is 0. The van der Waals surface area contributed by atoms with E-state index < -0.39 is 5.97 Å². The van der Waals surface area contributed by atoms with Gasteiger partial charge < -0.3 is 10.4 Å². The first-order chi connectivity index (χ1) is 8.32. The molecule has 0 atom stereocenters. The summed E-state index contributed by atoms with van der Waals surface area (Å²) in [5, 5.41) is 11.5. The first-order valence-corrected chi connectivity index (χ1v) is 6.55. The van der Waals surface area contributed by atoms with E-state index in [-0.39, 0.29) is 18.4 Å². The zero-order valence-corrected chi connectivity index (χ0v) is 11.9. The lowest BCUT2D eigenvalue weighted by Gasteiger charge is -2.25. The Morgan fingerprint density at radius 3 is 2.28 bits per heavy atom. The average molecular weight is 258 g/mol. The Morgan fingerprint density at radius 1 is 1.22 bits per heavy atom. The topological polar surface area (TPSA) is 69.6 Å². The summed E-state index contributed by atoms with van der Waals surface area (Å²) in [6.07, 6.45) is 0.724. The van der Waals surface area contributed by atoms with Gasteiger partial charge in [-0.05, 0) is 32.7 Å². The highest BCUT2D eigenvalue weighted by Gasteiger charge is 2.14. The summed E-state index contributed by atoms with van der Waals surface area (Å²) >= 11 is 0. The molecule has 0 aliphatic carbocycles. The van der Waals surface area contributed by atoms with Crippen molar-refractivity contribution in [3.05, 3.63) is 0 Å². The highest BCUT2D eigenvalue weighted by Crippen LogP contribution is 2.01. The van der Waals surface area contributed by atoms with Crippen LogP contribution in [0.1, 0.15) is 40.5 Å². The molecule has 2 N–H and O–H groups in total. The molecule has 0 heterocycles. The van der Waals surface area contributed by atoms with Crippen LogP contribution in [0, 0.1) is 5.92 Å². The Bertz CT molecular complexity index is 265. The number of amides is 1. The molecule has 0 aromatic heterocycles. The number of carbonyl (C=O) groups is 2. The van der Waals surface area contributed by atoms with Gasteiger partial charge in [0.05, 0.1) is 6.54 Å². The van der Waals surface area contributed by atoms with E-state index in [1.165, 1.54) is 0 Å². The molecule has 5 nitrogen and oxygen atoms in total. The molecule has 0 bridgehead atoms. The van der Waals surface area contributed by atoms with E-state index in [1.807, 2.05) is 32.6 Å². The molecule has 106 valence electrons. The molecule has 1 amide bonds. The van der Waals surface area contributed by atoms with Crippen LogP contribution in [-0.4, -0.2) is 47.6 Å². The van der Waals surface area contributed by atoms with Gasteiger partial charge in [-0.25, -0.2) is 0 Å². The zero-order chi connectivity index (χ0) is 14.1. The fraction of sp³-hybridized carbons (Fsp3) is 0.846. The van der Waals surface area contributed by atoms with Gasteiger partial charge in [-0.1, -0.05) is 13.8 Å². The second-order valence-electron chi connectivity index (χ2n) is 5.26. The van der Waals surface area contributed by atoms with Crippen molar-refractivity contribution in [2.24, 2.45) is 5.92 Å². The molecule has 0 saturated heterocycles.